The van der Waals surface area contributed by atoms with Gasteiger partial charge in [-0.25, -0.2) is 4.79 Å². The Hall–Kier alpha value is -3.78. The molecule has 13 heteroatoms. The minimum Gasteiger partial charge on any atom is -0.463 e. The molecule has 0 amide bonds. The first-order valence-electron chi connectivity index (χ1n) is 19.3. The van der Waals surface area contributed by atoms with Crippen molar-refractivity contribution >= 4 is 47.4 Å². The van der Waals surface area contributed by atoms with Crippen molar-refractivity contribution in [3.8, 4) is 23.6 Å². The Balaban J connectivity index is 1.05. The second-order valence-corrected chi connectivity index (χ2v) is 16.9. The van der Waals surface area contributed by atoms with E-state index in [1.807, 2.05) is 12.1 Å². The van der Waals surface area contributed by atoms with Crippen LogP contribution in [-0.2, 0) is 33.4 Å². The highest BCUT2D eigenvalue weighted by Crippen LogP contribution is 2.59. The van der Waals surface area contributed by atoms with E-state index in [0.717, 1.165) is 88.8 Å². The summed E-state index contributed by atoms with van der Waals surface area (Å²) < 4.78 is 29.2. The van der Waals surface area contributed by atoms with E-state index < -0.39 is 0 Å². The Bertz CT molecular complexity index is 1620. The molecule has 0 N–H and O–H groups in total. The van der Waals surface area contributed by atoms with Gasteiger partial charge >= 0.3 is 23.9 Å². The number of nitrogens with zero attached hydrogens (tertiary/aromatic N) is 2. The van der Waals surface area contributed by atoms with E-state index in [1.165, 1.54) is 17.8 Å². The fourth-order valence-corrected chi connectivity index (χ4v) is 9.85. The molecular weight excluding hydrogens is 729 g/mol. The number of fused-ring (bicyclic) bond motifs is 1. The lowest BCUT2D eigenvalue weighted by Gasteiger charge is -2.31. The Morgan fingerprint density at radius 3 is 1.70 bits per heavy atom. The summed E-state index contributed by atoms with van der Waals surface area (Å²) in [7, 11) is 0. The summed E-state index contributed by atoms with van der Waals surface area (Å²) >= 11 is 2.34. The van der Waals surface area contributed by atoms with E-state index in [2.05, 4.69) is 13.5 Å². The molecule has 1 heterocycles. The number of rotatable bonds is 15. The second-order valence-electron chi connectivity index (χ2n) is 14.7. The zero-order valence-corrected chi connectivity index (χ0v) is 32.6. The monoisotopic (exact) mass is 778 g/mol. The summed E-state index contributed by atoms with van der Waals surface area (Å²) in [5.41, 5.74) is -0.0587. The Morgan fingerprint density at radius 2 is 1.19 bits per heavy atom. The third-order valence-corrected chi connectivity index (χ3v) is 13.4. The molecule has 1 aromatic carbocycles. The minimum atomic E-state index is -0.390. The van der Waals surface area contributed by atoms with E-state index in [1.54, 1.807) is 12.1 Å². The highest BCUT2D eigenvalue weighted by Gasteiger charge is 2.36. The lowest BCUT2D eigenvalue weighted by atomic mass is 9.83. The summed E-state index contributed by atoms with van der Waals surface area (Å²) in [6.07, 6.45) is 13.6. The summed E-state index contributed by atoms with van der Waals surface area (Å²) in [5.74, 6) is -0.717. The van der Waals surface area contributed by atoms with Crippen molar-refractivity contribution in [2.24, 2.45) is 23.7 Å². The van der Waals surface area contributed by atoms with Crippen molar-refractivity contribution in [3.05, 3.63) is 34.6 Å². The number of ether oxygens (including phenoxy) is 5. The number of carbonyl (C=O) groups excluding carboxylic acids is 4. The van der Waals surface area contributed by atoms with E-state index in [0.29, 0.717) is 70.3 Å². The van der Waals surface area contributed by atoms with Gasteiger partial charge in [0.25, 0.3) is 0 Å². The standard InChI is InChI=1S/C41H50N2O9S2/c1-3-35(44)49-23-7-5-4-6-22-48-31-16-12-28(13-17-31)38(45)50-32-18-14-29(15-19-32)40(47)52-34-21-20-33(51-39(46)27-10-8-26(2)9-11-27)36-37(34)54-41(53-36)30(24-42)25-43/h3,20-21,26-29,31-32H,1,4-19,22-23H2,2H3. The molecule has 1 aromatic rings. The smallest absolute Gasteiger partial charge is 0.330 e. The quantitative estimate of drug-likeness (QED) is 0.0547. The third-order valence-electron chi connectivity index (χ3n) is 10.7. The number of nitriles is 2. The summed E-state index contributed by atoms with van der Waals surface area (Å²) in [6, 6.07) is 7.08. The van der Waals surface area contributed by atoms with Gasteiger partial charge in [0.2, 0.25) is 0 Å². The van der Waals surface area contributed by atoms with Crippen LogP contribution >= 0.6 is 23.5 Å². The average Bonchev–Trinajstić information content (AvgIpc) is 3.64. The van der Waals surface area contributed by atoms with Crippen molar-refractivity contribution < 1.29 is 42.9 Å². The van der Waals surface area contributed by atoms with Crippen LogP contribution in [0.2, 0.25) is 0 Å². The van der Waals surface area contributed by atoms with Crippen molar-refractivity contribution in [2.45, 2.75) is 132 Å². The number of carbonyl (C=O) groups is 4. The first-order chi connectivity index (χ1) is 26.2. The van der Waals surface area contributed by atoms with Gasteiger partial charge < -0.3 is 23.7 Å². The Morgan fingerprint density at radius 1 is 0.704 bits per heavy atom. The lowest BCUT2D eigenvalue weighted by molar-refractivity contribution is -0.159. The molecule has 54 heavy (non-hydrogen) atoms. The molecule has 0 aromatic heterocycles. The number of unbranched alkanes of at least 4 members (excludes halogenated alkanes) is 3. The maximum absolute atomic E-state index is 13.4. The van der Waals surface area contributed by atoms with Gasteiger partial charge in [-0.05, 0) is 114 Å². The molecular formula is C41H50N2O9S2. The van der Waals surface area contributed by atoms with Crippen LogP contribution in [0.25, 0.3) is 0 Å². The zero-order chi connectivity index (χ0) is 38.5. The maximum atomic E-state index is 13.4. The third kappa shape index (κ3) is 11.6. The molecule has 3 fully saturated rings. The molecule has 0 unspecified atom stereocenters. The molecule has 11 nitrogen and oxygen atoms in total. The van der Waals surface area contributed by atoms with E-state index >= 15 is 0 Å². The second kappa shape index (κ2) is 20.8. The van der Waals surface area contributed by atoms with Crippen LogP contribution in [-0.4, -0.2) is 49.3 Å². The van der Waals surface area contributed by atoms with E-state index in [-0.39, 0.29) is 59.4 Å². The summed E-state index contributed by atoms with van der Waals surface area (Å²) in [4.78, 5) is 51.7. The number of benzene rings is 1. The number of allylic oxidation sites excluding steroid dienone is 1. The molecule has 3 aliphatic carbocycles. The van der Waals surface area contributed by atoms with Crippen LogP contribution in [0, 0.1) is 46.3 Å². The van der Waals surface area contributed by atoms with Crippen LogP contribution in [0.15, 0.2) is 44.4 Å². The van der Waals surface area contributed by atoms with Gasteiger partial charge in [0, 0.05) is 12.7 Å². The summed E-state index contributed by atoms with van der Waals surface area (Å²) in [5, 5.41) is 19.0. The number of thioether (sulfide) groups is 2. The van der Waals surface area contributed by atoms with Crippen molar-refractivity contribution in [3.63, 3.8) is 0 Å². The molecule has 0 bridgehead atoms. The molecule has 3 saturated carbocycles. The fraction of sp³-hybridized carbons (Fsp3) is 0.610. The van der Waals surface area contributed by atoms with Crippen LogP contribution in [0.3, 0.4) is 0 Å². The fourth-order valence-electron chi connectivity index (χ4n) is 7.37. The Kier molecular flexibility index (Phi) is 15.9. The van der Waals surface area contributed by atoms with Crippen molar-refractivity contribution in [1.82, 2.24) is 0 Å². The lowest BCUT2D eigenvalue weighted by Crippen LogP contribution is -2.33. The van der Waals surface area contributed by atoms with Crippen LogP contribution in [0.5, 0.6) is 11.5 Å². The molecule has 0 spiro atoms. The molecule has 1 aliphatic heterocycles. The number of esters is 4. The molecule has 290 valence electrons. The molecule has 0 atom stereocenters. The van der Waals surface area contributed by atoms with Gasteiger partial charge in [0.15, 0.2) is 0 Å². The predicted octanol–water partition coefficient (Wildman–Crippen LogP) is 8.75. The van der Waals surface area contributed by atoms with Gasteiger partial charge in [-0.3, -0.25) is 14.4 Å². The van der Waals surface area contributed by atoms with Crippen molar-refractivity contribution in [2.75, 3.05) is 13.2 Å². The highest BCUT2D eigenvalue weighted by atomic mass is 32.2. The molecule has 5 rings (SSSR count). The largest absolute Gasteiger partial charge is 0.463 e. The minimum absolute atomic E-state index is 0.0587. The maximum Gasteiger partial charge on any atom is 0.330 e. The topological polar surface area (TPSA) is 162 Å². The van der Waals surface area contributed by atoms with Gasteiger partial charge in [0.1, 0.15) is 35.3 Å². The van der Waals surface area contributed by atoms with Gasteiger partial charge in [-0.15, -0.1) is 0 Å². The van der Waals surface area contributed by atoms with Crippen LogP contribution in [0.1, 0.15) is 110 Å². The highest BCUT2D eigenvalue weighted by molar-refractivity contribution is 8.24. The first kappa shape index (κ1) is 41.4. The molecule has 4 aliphatic rings. The Labute approximate surface area is 326 Å². The first-order valence-corrected chi connectivity index (χ1v) is 20.9. The summed E-state index contributed by atoms with van der Waals surface area (Å²) in [6.45, 7) is 6.66. The van der Waals surface area contributed by atoms with Gasteiger partial charge in [-0.1, -0.05) is 43.4 Å². The van der Waals surface area contributed by atoms with Crippen LogP contribution in [0.4, 0.5) is 0 Å². The predicted molar refractivity (Wildman–Crippen MR) is 202 cm³/mol. The average molecular weight is 779 g/mol. The van der Waals surface area contributed by atoms with Crippen molar-refractivity contribution in [1.29, 1.82) is 10.5 Å². The normalized spacial score (nSPS) is 24.9. The van der Waals surface area contributed by atoms with Gasteiger partial charge in [0.05, 0.1) is 44.5 Å². The zero-order valence-electron chi connectivity index (χ0n) is 31.0. The van der Waals surface area contributed by atoms with Crippen LogP contribution < -0.4 is 9.47 Å². The van der Waals surface area contributed by atoms with E-state index in [4.69, 9.17) is 23.7 Å². The SMILES string of the molecule is C=CC(=O)OCCCCCCOC1CCC(C(=O)OC2CCC(C(=O)Oc3ccc(OC(=O)C4CCC(C)CC4)c4c3SC(=C(C#N)C#N)S4)CC2)CC1. The van der Waals surface area contributed by atoms with E-state index in [9.17, 15) is 29.7 Å². The molecule has 0 radical (unpaired) electrons. The number of hydrogen-bond acceptors (Lipinski definition) is 13. The van der Waals surface area contributed by atoms with Gasteiger partial charge in [-0.2, -0.15) is 10.5 Å². The molecule has 0 saturated heterocycles. The number of hydrogen-bond donors (Lipinski definition) is 0.